The van der Waals surface area contributed by atoms with Crippen molar-refractivity contribution < 1.29 is 8.42 Å². The van der Waals surface area contributed by atoms with Crippen LogP contribution in [0.4, 0.5) is 5.82 Å². The van der Waals surface area contributed by atoms with E-state index in [0.29, 0.717) is 34.2 Å². The SMILES string of the molecule is [B]c1cnn2c(NCCNS(=O)(=O)/C=C/c3ccccc3)cc(-c3ccccc3Cl)nc12. The maximum absolute atomic E-state index is 12.2. The molecule has 32 heavy (non-hydrogen) atoms. The zero-order chi connectivity index (χ0) is 22.6. The Hall–Kier alpha value is -3.14. The van der Waals surface area contributed by atoms with Crippen LogP contribution in [0.5, 0.6) is 0 Å². The summed E-state index contributed by atoms with van der Waals surface area (Å²) in [6.45, 7) is 0.489. The van der Waals surface area contributed by atoms with Gasteiger partial charge in [-0.2, -0.15) is 9.61 Å². The summed E-state index contributed by atoms with van der Waals surface area (Å²) in [4.78, 5) is 4.58. The van der Waals surface area contributed by atoms with E-state index in [1.54, 1.807) is 22.7 Å². The van der Waals surface area contributed by atoms with Gasteiger partial charge in [-0.05, 0) is 23.2 Å². The largest absolute Gasteiger partial charge is 0.369 e. The van der Waals surface area contributed by atoms with Crippen molar-refractivity contribution in [1.82, 2.24) is 19.3 Å². The van der Waals surface area contributed by atoms with Crippen molar-refractivity contribution in [2.24, 2.45) is 0 Å². The van der Waals surface area contributed by atoms with Crippen LogP contribution in [0.15, 0.2) is 72.3 Å². The lowest BCUT2D eigenvalue weighted by Crippen LogP contribution is -2.27. The van der Waals surface area contributed by atoms with E-state index in [1.165, 1.54) is 6.20 Å². The van der Waals surface area contributed by atoms with E-state index in [4.69, 9.17) is 19.4 Å². The lowest BCUT2D eigenvalue weighted by Gasteiger charge is -2.12. The summed E-state index contributed by atoms with van der Waals surface area (Å²) in [6.07, 6.45) is 3.06. The van der Waals surface area contributed by atoms with Gasteiger partial charge in [0.05, 0.1) is 5.69 Å². The summed E-state index contributed by atoms with van der Waals surface area (Å²) < 4.78 is 28.6. The molecule has 0 spiro atoms. The number of aromatic nitrogens is 3. The molecule has 2 aromatic heterocycles. The van der Waals surface area contributed by atoms with Crippen LogP contribution in [-0.2, 0) is 10.0 Å². The minimum absolute atomic E-state index is 0.170. The van der Waals surface area contributed by atoms with Crippen molar-refractivity contribution in [3.8, 4) is 11.3 Å². The van der Waals surface area contributed by atoms with Gasteiger partial charge in [-0.1, -0.05) is 60.1 Å². The quantitative estimate of drug-likeness (QED) is 0.310. The second-order valence-corrected chi connectivity index (χ2v) is 8.98. The Balaban J connectivity index is 1.47. The highest BCUT2D eigenvalue weighted by molar-refractivity contribution is 7.92. The molecule has 0 aliphatic carbocycles. The van der Waals surface area contributed by atoms with Crippen LogP contribution in [0.1, 0.15) is 5.56 Å². The third-order valence-corrected chi connectivity index (χ3v) is 6.05. The zero-order valence-electron chi connectivity index (χ0n) is 16.9. The van der Waals surface area contributed by atoms with Crippen LogP contribution in [0.3, 0.4) is 0 Å². The minimum Gasteiger partial charge on any atom is -0.369 e. The van der Waals surface area contributed by atoms with Crippen LogP contribution in [0.25, 0.3) is 23.0 Å². The molecule has 0 amide bonds. The molecule has 0 saturated heterocycles. The van der Waals surface area contributed by atoms with Gasteiger partial charge in [-0.3, -0.25) is 0 Å². The number of anilines is 1. The monoisotopic (exact) mass is 463 g/mol. The smallest absolute Gasteiger partial charge is 0.233 e. The van der Waals surface area contributed by atoms with Gasteiger partial charge in [0.1, 0.15) is 13.7 Å². The number of nitrogens with zero attached hydrogens (tertiary/aromatic N) is 3. The molecule has 0 aliphatic heterocycles. The van der Waals surface area contributed by atoms with E-state index in [2.05, 4.69) is 20.1 Å². The lowest BCUT2D eigenvalue weighted by atomic mass is 10.0. The molecule has 160 valence electrons. The number of sulfonamides is 1. The summed E-state index contributed by atoms with van der Waals surface area (Å²) in [7, 11) is 2.45. The van der Waals surface area contributed by atoms with Crippen molar-refractivity contribution >= 4 is 52.5 Å². The highest BCUT2D eigenvalue weighted by Crippen LogP contribution is 2.28. The normalized spacial score (nSPS) is 11.9. The number of hydrogen-bond acceptors (Lipinski definition) is 5. The van der Waals surface area contributed by atoms with Gasteiger partial charge in [-0.15, -0.1) is 0 Å². The second kappa shape index (κ2) is 9.56. The van der Waals surface area contributed by atoms with Crippen LogP contribution in [-0.4, -0.2) is 44.0 Å². The molecule has 2 aromatic carbocycles. The van der Waals surface area contributed by atoms with Crippen LogP contribution >= 0.6 is 11.6 Å². The van der Waals surface area contributed by atoms with Gasteiger partial charge in [0.2, 0.25) is 10.0 Å². The number of halogens is 1. The molecule has 2 radical (unpaired) electrons. The van der Waals surface area contributed by atoms with Gasteiger partial charge >= 0.3 is 0 Å². The molecule has 0 saturated carbocycles. The Morgan fingerprint density at radius 3 is 2.59 bits per heavy atom. The third kappa shape index (κ3) is 5.19. The summed E-state index contributed by atoms with van der Waals surface area (Å²) in [5.74, 6) is 0.612. The second-order valence-electron chi connectivity index (χ2n) is 6.92. The van der Waals surface area contributed by atoms with E-state index in [0.717, 1.165) is 16.5 Å². The van der Waals surface area contributed by atoms with Gasteiger partial charge in [0.25, 0.3) is 0 Å². The van der Waals surface area contributed by atoms with Crippen molar-refractivity contribution in [2.45, 2.75) is 0 Å². The highest BCUT2D eigenvalue weighted by atomic mass is 35.5. The Kier molecular flexibility index (Phi) is 6.59. The maximum Gasteiger partial charge on any atom is 0.233 e. The van der Waals surface area contributed by atoms with Gasteiger partial charge in [-0.25, -0.2) is 18.1 Å². The summed E-state index contributed by atoms with van der Waals surface area (Å²) in [6, 6.07) is 18.4. The van der Waals surface area contributed by atoms with Crippen LogP contribution in [0, 0.1) is 0 Å². The predicted octanol–water partition coefficient (Wildman–Crippen LogP) is 2.85. The van der Waals surface area contributed by atoms with E-state index in [9.17, 15) is 8.42 Å². The van der Waals surface area contributed by atoms with E-state index < -0.39 is 10.0 Å². The van der Waals surface area contributed by atoms with E-state index >= 15 is 0 Å². The van der Waals surface area contributed by atoms with Gasteiger partial charge in [0.15, 0.2) is 5.65 Å². The maximum atomic E-state index is 12.2. The first-order valence-corrected chi connectivity index (χ1v) is 11.7. The topological polar surface area (TPSA) is 88.4 Å². The molecule has 0 unspecified atom stereocenters. The molecule has 10 heteroatoms. The first-order chi connectivity index (χ1) is 15.4. The Labute approximate surface area is 192 Å². The molecule has 0 fully saturated rings. The highest BCUT2D eigenvalue weighted by Gasteiger charge is 2.12. The molecular formula is C22H19BClN5O2S. The van der Waals surface area contributed by atoms with E-state index in [1.807, 2.05) is 48.5 Å². The van der Waals surface area contributed by atoms with E-state index in [-0.39, 0.29) is 6.54 Å². The Morgan fingerprint density at radius 1 is 1.06 bits per heavy atom. The van der Waals surface area contributed by atoms with Gasteiger partial charge < -0.3 is 5.32 Å². The van der Waals surface area contributed by atoms with Crippen molar-refractivity contribution in [2.75, 3.05) is 18.4 Å². The fourth-order valence-electron chi connectivity index (χ4n) is 3.08. The first kappa shape index (κ1) is 22.1. The third-order valence-electron chi connectivity index (χ3n) is 4.62. The standard InChI is InChI=1S/C22H19BClN5O2S/c23-18-15-26-29-21(14-20(28-22(18)29)17-8-4-5-9-19(17)24)25-11-12-27-32(30,31)13-10-16-6-2-1-3-7-16/h1-10,13-15,25,27H,11-12H2/b13-10+. The van der Waals surface area contributed by atoms with Crippen molar-refractivity contribution in [3.05, 3.63) is 82.9 Å². The molecule has 0 atom stereocenters. The average molecular weight is 464 g/mol. The number of nitrogens with one attached hydrogen (secondary N) is 2. The molecule has 2 N–H and O–H groups in total. The fraction of sp³-hybridized carbons (Fsp3) is 0.0909. The minimum atomic E-state index is -3.57. The molecule has 2 heterocycles. The Morgan fingerprint density at radius 2 is 1.81 bits per heavy atom. The number of benzene rings is 2. The number of hydrogen-bond donors (Lipinski definition) is 2. The van der Waals surface area contributed by atoms with Crippen LogP contribution < -0.4 is 15.5 Å². The molecule has 4 rings (SSSR count). The Bertz CT molecular complexity index is 1370. The zero-order valence-corrected chi connectivity index (χ0v) is 18.5. The lowest BCUT2D eigenvalue weighted by molar-refractivity contribution is 0.592. The molecule has 0 aliphatic rings. The molecule has 0 bridgehead atoms. The summed E-state index contributed by atoms with van der Waals surface area (Å²) in [5.41, 5.74) is 3.10. The molecule has 4 aromatic rings. The summed E-state index contributed by atoms with van der Waals surface area (Å²) >= 11 is 6.33. The first-order valence-electron chi connectivity index (χ1n) is 9.79. The van der Waals surface area contributed by atoms with Crippen molar-refractivity contribution in [3.63, 3.8) is 0 Å². The fourth-order valence-corrected chi connectivity index (χ4v) is 4.13. The number of fused-ring (bicyclic) bond motifs is 1. The predicted molar refractivity (Wildman–Crippen MR) is 130 cm³/mol. The number of rotatable bonds is 8. The van der Waals surface area contributed by atoms with Crippen LogP contribution in [0.2, 0.25) is 5.02 Å². The summed E-state index contributed by atoms with van der Waals surface area (Å²) in [5, 5.41) is 9.15. The van der Waals surface area contributed by atoms with Crippen molar-refractivity contribution in [1.29, 1.82) is 0 Å². The molecule has 7 nitrogen and oxygen atoms in total. The molecular weight excluding hydrogens is 445 g/mol. The average Bonchev–Trinajstić information content (AvgIpc) is 3.17. The van der Waals surface area contributed by atoms with Gasteiger partial charge in [0, 0.05) is 41.3 Å².